The molecule has 1 aliphatic carbocycles. The van der Waals surface area contributed by atoms with Gasteiger partial charge >= 0.3 is 0 Å². The van der Waals surface area contributed by atoms with Crippen molar-refractivity contribution in [2.75, 3.05) is 13.6 Å². The lowest BCUT2D eigenvalue weighted by molar-refractivity contribution is 0.0688. The largest absolute Gasteiger partial charge is 0.393 e. The molecule has 23 heavy (non-hydrogen) atoms. The summed E-state index contributed by atoms with van der Waals surface area (Å²) in [6, 6.07) is 11.6. The van der Waals surface area contributed by atoms with Crippen LogP contribution in [0.5, 0.6) is 0 Å². The summed E-state index contributed by atoms with van der Waals surface area (Å²) in [5.41, 5.74) is 2.31. The van der Waals surface area contributed by atoms with Gasteiger partial charge in [0.1, 0.15) is 0 Å². The third kappa shape index (κ3) is 3.29. The number of aliphatic hydroxyl groups is 1. The van der Waals surface area contributed by atoms with E-state index in [2.05, 4.69) is 5.10 Å². The second-order valence-electron chi connectivity index (χ2n) is 6.36. The number of amides is 1. The first kappa shape index (κ1) is 15.7. The van der Waals surface area contributed by atoms with Crippen LogP contribution in [-0.2, 0) is 0 Å². The average molecular weight is 313 g/mol. The maximum absolute atomic E-state index is 12.6. The molecular weight excluding hydrogens is 290 g/mol. The molecule has 1 aliphatic rings. The molecule has 122 valence electrons. The van der Waals surface area contributed by atoms with Gasteiger partial charge in [0.05, 0.1) is 11.8 Å². The van der Waals surface area contributed by atoms with Crippen LogP contribution in [0, 0.1) is 12.8 Å². The predicted octanol–water partition coefficient (Wildman–Crippen LogP) is 2.41. The molecule has 2 atom stereocenters. The highest BCUT2D eigenvalue weighted by molar-refractivity contribution is 5.92. The maximum atomic E-state index is 12.6. The monoisotopic (exact) mass is 313 g/mol. The third-order valence-electron chi connectivity index (χ3n) is 4.58. The van der Waals surface area contributed by atoms with Gasteiger partial charge in [-0.15, -0.1) is 0 Å². The summed E-state index contributed by atoms with van der Waals surface area (Å²) in [6.07, 6.45) is 2.58. The van der Waals surface area contributed by atoms with Crippen molar-refractivity contribution in [3.8, 4) is 5.69 Å². The fraction of sp³-hybridized carbons (Fsp3) is 0.444. The molecule has 1 saturated carbocycles. The van der Waals surface area contributed by atoms with E-state index in [0.717, 1.165) is 30.6 Å². The van der Waals surface area contributed by atoms with E-state index in [1.54, 1.807) is 16.6 Å². The number of hydrogen-bond acceptors (Lipinski definition) is 3. The second kappa shape index (κ2) is 6.54. The Hall–Kier alpha value is -2.14. The summed E-state index contributed by atoms with van der Waals surface area (Å²) < 4.78 is 1.78. The fourth-order valence-corrected chi connectivity index (χ4v) is 3.27. The number of aromatic nitrogens is 2. The Morgan fingerprint density at radius 3 is 2.74 bits per heavy atom. The van der Waals surface area contributed by atoms with Gasteiger partial charge in [0.25, 0.3) is 5.91 Å². The van der Waals surface area contributed by atoms with Gasteiger partial charge < -0.3 is 10.0 Å². The van der Waals surface area contributed by atoms with Crippen molar-refractivity contribution in [2.24, 2.45) is 5.92 Å². The highest BCUT2D eigenvalue weighted by Gasteiger charge is 2.28. The van der Waals surface area contributed by atoms with Crippen molar-refractivity contribution >= 4 is 5.91 Å². The zero-order chi connectivity index (χ0) is 16.4. The van der Waals surface area contributed by atoms with E-state index in [0.29, 0.717) is 12.2 Å². The van der Waals surface area contributed by atoms with E-state index < -0.39 is 0 Å². The van der Waals surface area contributed by atoms with Gasteiger partial charge in [-0.25, -0.2) is 4.68 Å². The molecule has 1 aromatic carbocycles. The molecule has 0 aliphatic heterocycles. The Labute approximate surface area is 136 Å². The minimum atomic E-state index is -0.283. The summed E-state index contributed by atoms with van der Waals surface area (Å²) in [6.45, 7) is 2.52. The molecule has 1 heterocycles. The van der Waals surface area contributed by atoms with Crippen LogP contribution in [0.2, 0.25) is 0 Å². The molecule has 0 radical (unpaired) electrons. The second-order valence-corrected chi connectivity index (χ2v) is 6.36. The van der Waals surface area contributed by atoms with Gasteiger partial charge in [-0.1, -0.05) is 24.6 Å². The first-order chi connectivity index (χ1) is 11.1. The van der Waals surface area contributed by atoms with Crippen LogP contribution in [0.25, 0.3) is 5.69 Å². The van der Waals surface area contributed by atoms with E-state index in [4.69, 9.17) is 0 Å². The van der Waals surface area contributed by atoms with E-state index >= 15 is 0 Å². The van der Waals surface area contributed by atoms with Crippen LogP contribution in [0.3, 0.4) is 0 Å². The van der Waals surface area contributed by atoms with Crippen LogP contribution in [0.4, 0.5) is 0 Å². The van der Waals surface area contributed by atoms with Crippen LogP contribution >= 0.6 is 0 Å². The highest BCUT2D eigenvalue weighted by atomic mass is 16.3. The Morgan fingerprint density at radius 1 is 1.35 bits per heavy atom. The van der Waals surface area contributed by atoms with Gasteiger partial charge in [-0.2, -0.15) is 5.10 Å². The minimum Gasteiger partial charge on any atom is -0.393 e. The molecule has 2 aromatic rings. The normalized spacial score (nSPS) is 20.7. The standard InChI is InChI=1S/C18H23N3O2/c1-13-11-16(19-21(13)15-8-4-3-5-9-15)18(23)20(2)12-14-7-6-10-17(14)22/h3-5,8-9,11,14,17,22H,6-7,10,12H2,1-2H3. The van der Waals surface area contributed by atoms with Gasteiger partial charge in [0.15, 0.2) is 5.69 Å². The Kier molecular flexibility index (Phi) is 4.48. The van der Waals surface area contributed by atoms with Crippen LogP contribution in [-0.4, -0.2) is 45.4 Å². The molecule has 1 amide bonds. The molecule has 3 rings (SSSR count). The number of benzene rings is 1. The number of aryl methyl sites for hydroxylation is 1. The summed E-state index contributed by atoms with van der Waals surface area (Å²) in [4.78, 5) is 14.3. The van der Waals surface area contributed by atoms with E-state index in [1.807, 2.05) is 43.3 Å². The summed E-state index contributed by atoms with van der Waals surface area (Å²) in [7, 11) is 1.78. The number of rotatable bonds is 4. The quantitative estimate of drug-likeness (QED) is 0.943. The average Bonchev–Trinajstić information content (AvgIpc) is 3.14. The molecule has 1 fully saturated rings. The maximum Gasteiger partial charge on any atom is 0.274 e. The SMILES string of the molecule is Cc1cc(C(=O)N(C)CC2CCCC2O)nn1-c1ccccc1. The lowest BCUT2D eigenvalue weighted by Gasteiger charge is -2.22. The van der Waals surface area contributed by atoms with Crippen molar-refractivity contribution in [3.05, 3.63) is 47.8 Å². The van der Waals surface area contributed by atoms with E-state index in [9.17, 15) is 9.90 Å². The first-order valence-electron chi connectivity index (χ1n) is 8.12. The molecule has 0 spiro atoms. The minimum absolute atomic E-state index is 0.0955. The Morgan fingerprint density at radius 2 is 2.09 bits per heavy atom. The van der Waals surface area contributed by atoms with Crippen molar-refractivity contribution in [2.45, 2.75) is 32.3 Å². The number of nitrogens with zero attached hydrogens (tertiary/aromatic N) is 3. The molecule has 5 heteroatoms. The number of para-hydroxylation sites is 1. The molecule has 2 unspecified atom stereocenters. The smallest absolute Gasteiger partial charge is 0.274 e. The van der Waals surface area contributed by atoms with Crippen molar-refractivity contribution in [1.82, 2.24) is 14.7 Å². The lowest BCUT2D eigenvalue weighted by Crippen LogP contribution is -2.34. The number of carbonyl (C=O) groups is 1. The van der Waals surface area contributed by atoms with Gasteiger partial charge in [-0.05, 0) is 38.0 Å². The predicted molar refractivity (Wildman–Crippen MR) is 88.6 cm³/mol. The summed E-state index contributed by atoms with van der Waals surface area (Å²) >= 11 is 0. The number of carbonyl (C=O) groups excluding carboxylic acids is 1. The third-order valence-corrected chi connectivity index (χ3v) is 4.58. The van der Waals surface area contributed by atoms with E-state index in [-0.39, 0.29) is 17.9 Å². The molecule has 1 N–H and O–H groups in total. The number of hydrogen-bond donors (Lipinski definition) is 1. The molecule has 0 bridgehead atoms. The van der Waals surface area contributed by atoms with E-state index in [1.165, 1.54) is 0 Å². The molecule has 0 saturated heterocycles. The zero-order valence-electron chi connectivity index (χ0n) is 13.6. The van der Waals surface area contributed by atoms with Crippen molar-refractivity contribution in [1.29, 1.82) is 0 Å². The van der Waals surface area contributed by atoms with Crippen molar-refractivity contribution < 1.29 is 9.90 Å². The molecule has 5 nitrogen and oxygen atoms in total. The first-order valence-corrected chi connectivity index (χ1v) is 8.12. The number of aliphatic hydroxyl groups excluding tert-OH is 1. The van der Waals surface area contributed by atoms with Crippen LogP contribution in [0.15, 0.2) is 36.4 Å². The fourth-order valence-electron chi connectivity index (χ4n) is 3.27. The van der Waals surface area contributed by atoms with Crippen molar-refractivity contribution in [3.63, 3.8) is 0 Å². The highest BCUT2D eigenvalue weighted by Crippen LogP contribution is 2.26. The lowest BCUT2D eigenvalue weighted by atomic mass is 10.1. The summed E-state index contributed by atoms with van der Waals surface area (Å²) in [5.74, 6) is 0.0862. The van der Waals surface area contributed by atoms with Gasteiger partial charge in [0, 0.05) is 25.2 Å². The topological polar surface area (TPSA) is 58.4 Å². The Balaban J connectivity index is 1.75. The van der Waals surface area contributed by atoms with Gasteiger partial charge in [0.2, 0.25) is 0 Å². The summed E-state index contributed by atoms with van der Waals surface area (Å²) in [5, 5.41) is 14.4. The Bertz CT molecular complexity index is 681. The zero-order valence-corrected chi connectivity index (χ0v) is 13.6. The van der Waals surface area contributed by atoms with Crippen LogP contribution < -0.4 is 0 Å². The molecular formula is C18H23N3O2. The van der Waals surface area contributed by atoms with Gasteiger partial charge in [-0.3, -0.25) is 4.79 Å². The van der Waals surface area contributed by atoms with Crippen LogP contribution in [0.1, 0.15) is 35.4 Å². The molecule has 1 aromatic heterocycles.